The Labute approximate surface area is 152 Å². The lowest BCUT2D eigenvalue weighted by molar-refractivity contribution is -0.120. The molecule has 0 fully saturated rings. The largest absolute Gasteiger partial charge is 0.368 e. The summed E-state index contributed by atoms with van der Waals surface area (Å²) in [5.74, 6) is -0.541. The van der Waals surface area contributed by atoms with Crippen molar-refractivity contribution in [3.05, 3.63) is 70.3 Å². The minimum atomic E-state index is -0.437. The van der Waals surface area contributed by atoms with E-state index in [1.54, 1.807) is 6.07 Å². The molecule has 2 aromatic carbocycles. The Morgan fingerprint density at radius 3 is 2.58 bits per heavy atom. The maximum atomic E-state index is 11.9. The summed E-state index contributed by atoms with van der Waals surface area (Å²) < 4.78 is 0. The molecule has 0 bridgehead atoms. The number of aryl methyl sites for hydroxylation is 1. The SMILES string of the molecule is NC(=O)c1ccc2c(c1)C([C@@H]1CCCc3ccccc31)NC(C(N)=O)C2. The number of rotatable bonds is 3. The van der Waals surface area contributed by atoms with Gasteiger partial charge in [0.15, 0.2) is 0 Å². The van der Waals surface area contributed by atoms with Crippen LogP contribution in [0, 0.1) is 0 Å². The lowest BCUT2D eigenvalue weighted by Crippen LogP contribution is -2.49. The van der Waals surface area contributed by atoms with E-state index in [1.807, 2.05) is 12.1 Å². The van der Waals surface area contributed by atoms with E-state index in [4.69, 9.17) is 11.5 Å². The fourth-order valence-corrected chi connectivity index (χ4v) is 4.46. The van der Waals surface area contributed by atoms with Crippen molar-refractivity contribution in [2.45, 2.75) is 43.7 Å². The van der Waals surface area contributed by atoms with Crippen molar-refractivity contribution in [2.24, 2.45) is 11.5 Å². The third kappa shape index (κ3) is 2.88. The maximum absolute atomic E-state index is 11.9. The van der Waals surface area contributed by atoms with Crippen LogP contribution in [-0.2, 0) is 17.6 Å². The van der Waals surface area contributed by atoms with Gasteiger partial charge in [0.2, 0.25) is 11.8 Å². The molecule has 0 spiro atoms. The highest BCUT2D eigenvalue weighted by atomic mass is 16.1. The van der Waals surface area contributed by atoms with Gasteiger partial charge in [-0.2, -0.15) is 0 Å². The van der Waals surface area contributed by atoms with Crippen LogP contribution in [-0.4, -0.2) is 17.9 Å². The molecule has 3 atom stereocenters. The van der Waals surface area contributed by atoms with Gasteiger partial charge in [0, 0.05) is 17.5 Å². The van der Waals surface area contributed by atoms with Crippen molar-refractivity contribution in [2.75, 3.05) is 0 Å². The number of fused-ring (bicyclic) bond motifs is 2. The molecule has 5 heteroatoms. The molecule has 0 saturated heterocycles. The van der Waals surface area contributed by atoms with Crippen LogP contribution in [0.15, 0.2) is 42.5 Å². The fraction of sp³-hybridized carbons (Fsp3) is 0.333. The van der Waals surface area contributed by atoms with Crippen LogP contribution in [0.1, 0.15) is 57.4 Å². The van der Waals surface area contributed by atoms with Crippen LogP contribution in [0.2, 0.25) is 0 Å². The number of hydrogen-bond donors (Lipinski definition) is 3. The van der Waals surface area contributed by atoms with Crippen LogP contribution >= 0.6 is 0 Å². The molecule has 134 valence electrons. The predicted octanol–water partition coefficient (Wildman–Crippen LogP) is 1.95. The molecule has 2 aliphatic rings. The van der Waals surface area contributed by atoms with E-state index in [1.165, 1.54) is 11.1 Å². The highest BCUT2D eigenvalue weighted by Crippen LogP contribution is 2.43. The van der Waals surface area contributed by atoms with Gasteiger partial charge in [0.25, 0.3) is 0 Å². The topological polar surface area (TPSA) is 98.2 Å². The molecular weight excluding hydrogens is 326 g/mol. The molecular formula is C21H23N3O2. The van der Waals surface area contributed by atoms with Crippen LogP contribution in [0.25, 0.3) is 0 Å². The van der Waals surface area contributed by atoms with Crippen LogP contribution in [0.5, 0.6) is 0 Å². The van der Waals surface area contributed by atoms with Crippen molar-refractivity contribution in [1.29, 1.82) is 0 Å². The van der Waals surface area contributed by atoms with E-state index in [0.717, 1.165) is 30.4 Å². The summed E-state index contributed by atoms with van der Waals surface area (Å²) in [6.07, 6.45) is 3.74. The fourth-order valence-electron chi connectivity index (χ4n) is 4.46. The molecule has 5 nitrogen and oxygen atoms in total. The molecule has 26 heavy (non-hydrogen) atoms. The van der Waals surface area contributed by atoms with Crippen LogP contribution in [0.3, 0.4) is 0 Å². The second-order valence-electron chi connectivity index (χ2n) is 7.28. The van der Waals surface area contributed by atoms with Gasteiger partial charge >= 0.3 is 0 Å². The van der Waals surface area contributed by atoms with Gasteiger partial charge in [-0.05, 0) is 60.1 Å². The van der Waals surface area contributed by atoms with Gasteiger partial charge in [0.05, 0.1) is 6.04 Å². The minimum absolute atomic E-state index is 0.0583. The highest BCUT2D eigenvalue weighted by Gasteiger charge is 2.36. The summed E-state index contributed by atoms with van der Waals surface area (Å²) >= 11 is 0. The summed E-state index contributed by atoms with van der Waals surface area (Å²) in [5, 5.41) is 3.46. The molecule has 1 heterocycles. The zero-order valence-electron chi connectivity index (χ0n) is 14.6. The number of benzene rings is 2. The lowest BCUT2D eigenvalue weighted by atomic mass is 9.73. The first-order valence-corrected chi connectivity index (χ1v) is 9.10. The van der Waals surface area contributed by atoms with E-state index in [2.05, 4.69) is 29.6 Å². The van der Waals surface area contributed by atoms with Crippen molar-refractivity contribution in [3.63, 3.8) is 0 Å². The Kier molecular flexibility index (Phi) is 4.24. The summed E-state index contributed by atoms with van der Waals surface area (Å²) in [6, 6.07) is 13.5. The Hall–Kier alpha value is -2.66. The maximum Gasteiger partial charge on any atom is 0.248 e. The summed E-state index contributed by atoms with van der Waals surface area (Å²) in [7, 11) is 0. The third-order valence-electron chi connectivity index (χ3n) is 5.73. The Morgan fingerprint density at radius 2 is 1.81 bits per heavy atom. The van der Waals surface area contributed by atoms with Gasteiger partial charge in [-0.3, -0.25) is 14.9 Å². The average molecular weight is 349 g/mol. The monoisotopic (exact) mass is 349 g/mol. The molecule has 2 unspecified atom stereocenters. The number of nitrogens with two attached hydrogens (primary N) is 2. The second-order valence-corrected chi connectivity index (χ2v) is 7.28. The van der Waals surface area contributed by atoms with Gasteiger partial charge in [-0.1, -0.05) is 30.3 Å². The third-order valence-corrected chi connectivity index (χ3v) is 5.73. The summed E-state index contributed by atoms with van der Waals surface area (Å²) in [5.41, 5.74) is 16.4. The molecule has 5 N–H and O–H groups in total. The normalized spacial score (nSPS) is 24.4. The standard InChI is InChI=1S/C21H23N3O2/c22-20(25)14-9-8-13-11-18(21(23)26)24-19(17(13)10-14)16-7-3-5-12-4-1-2-6-15(12)16/h1-2,4,6,8-10,16,18-19,24H,3,5,7,11H2,(H2,22,25)(H2,23,26)/t16-,18?,19?/m1/s1. The number of primary amides is 2. The zero-order chi connectivity index (χ0) is 18.3. The van der Waals surface area contributed by atoms with Gasteiger partial charge in [-0.15, -0.1) is 0 Å². The lowest BCUT2D eigenvalue weighted by Gasteiger charge is -2.39. The zero-order valence-corrected chi connectivity index (χ0v) is 14.6. The number of carbonyl (C=O) groups is 2. The Bertz CT molecular complexity index is 877. The molecule has 2 amide bonds. The molecule has 0 radical (unpaired) electrons. The van der Waals surface area contributed by atoms with Gasteiger partial charge in [0.1, 0.15) is 0 Å². The molecule has 1 aliphatic heterocycles. The quantitative estimate of drug-likeness (QED) is 0.790. The van der Waals surface area contributed by atoms with E-state index in [-0.39, 0.29) is 17.9 Å². The average Bonchev–Trinajstić information content (AvgIpc) is 2.66. The van der Waals surface area contributed by atoms with Crippen molar-refractivity contribution >= 4 is 11.8 Å². The molecule has 1 aliphatic carbocycles. The van der Waals surface area contributed by atoms with E-state index >= 15 is 0 Å². The second kappa shape index (κ2) is 6.57. The van der Waals surface area contributed by atoms with Gasteiger partial charge in [-0.25, -0.2) is 0 Å². The van der Waals surface area contributed by atoms with Crippen LogP contribution in [0.4, 0.5) is 0 Å². The molecule has 0 aromatic heterocycles. The Balaban J connectivity index is 1.81. The number of nitrogens with one attached hydrogen (secondary N) is 1. The predicted molar refractivity (Wildman–Crippen MR) is 99.6 cm³/mol. The first-order valence-electron chi connectivity index (χ1n) is 9.10. The van der Waals surface area contributed by atoms with Gasteiger partial charge < -0.3 is 11.5 Å². The van der Waals surface area contributed by atoms with E-state index in [9.17, 15) is 9.59 Å². The number of hydrogen-bond acceptors (Lipinski definition) is 3. The van der Waals surface area contributed by atoms with E-state index < -0.39 is 11.9 Å². The van der Waals surface area contributed by atoms with E-state index in [0.29, 0.717) is 12.0 Å². The minimum Gasteiger partial charge on any atom is -0.368 e. The summed E-state index contributed by atoms with van der Waals surface area (Å²) in [6.45, 7) is 0. The number of amides is 2. The van der Waals surface area contributed by atoms with Crippen LogP contribution < -0.4 is 16.8 Å². The smallest absolute Gasteiger partial charge is 0.248 e. The van der Waals surface area contributed by atoms with Crippen molar-refractivity contribution < 1.29 is 9.59 Å². The molecule has 0 saturated carbocycles. The highest BCUT2D eigenvalue weighted by molar-refractivity contribution is 5.93. The number of carbonyl (C=O) groups excluding carboxylic acids is 2. The molecule has 2 aromatic rings. The molecule has 4 rings (SSSR count). The first-order chi connectivity index (χ1) is 12.5. The Morgan fingerprint density at radius 1 is 1.00 bits per heavy atom. The van der Waals surface area contributed by atoms with Crippen molar-refractivity contribution in [3.8, 4) is 0 Å². The first kappa shape index (κ1) is 16.8. The van der Waals surface area contributed by atoms with Crippen molar-refractivity contribution in [1.82, 2.24) is 5.32 Å². The summed E-state index contributed by atoms with van der Waals surface area (Å²) in [4.78, 5) is 23.6.